The number of aromatic nitrogens is 7. The Labute approximate surface area is 181 Å². The van der Waals surface area contributed by atoms with Gasteiger partial charge >= 0.3 is 0 Å². The number of rotatable bonds is 5. The number of nitrogens with zero attached hydrogens (tertiary/aromatic N) is 6. The summed E-state index contributed by atoms with van der Waals surface area (Å²) in [5.41, 5.74) is 15.1. The van der Waals surface area contributed by atoms with E-state index >= 15 is 0 Å². The highest BCUT2D eigenvalue weighted by atomic mass is 16.1. The van der Waals surface area contributed by atoms with E-state index in [-0.39, 0.29) is 18.1 Å². The molecule has 6 N–H and O–H groups in total. The number of aromatic amines is 1. The molecule has 0 aliphatic heterocycles. The molecule has 0 unspecified atom stereocenters. The van der Waals surface area contributed by atoms with Crippen molar-refractivity contribution in [2.24, 2.45) is 0 Å². The summed E-state index contributed by atoms with van der Waals surface area (Å²) in [5, 5.41) is 2.72. The molecule has 158 valence electrons. The minimum atomic E-state index is -0.496. The van der Waals surface area contributed by atoms with E-state index in [4.69, 9.17) is 11.5 Å². The molecule has 11 heteroatoms. The van der Waals surface area contributed by atoms with Crippen molar-refractivity contribution < 1.29 is 4.79 Å². The number of nitrogens with one attached hydrogen (secondary N) is 2. The second kappa shape index (κ2) is 7.80. The summed E-state index contributed by atoms with van der Waals surface area (Å²) in [7, 11) is 0. The van der Waals surface area contributed by atoms with Crippen LogP contribution in [0.3, 0.4) is 0 Å². The Hall–Kier alpha value is -4.80. The molecule has 0 atom stereocenters. The lowest BCUT2D eigenvalue weighted by Gasteiger charge is -2.12. The predicted octanol–water partition coefficient (Wildman–Crippen LogP) is 1.67. The smallest absolute Gasteiger partial charge is 0.274 e. The molecule has 0 spiro atoms. The van der Waals surface area contributed by atoms with Crippen LogP contribution in [0.5, 0.6) is 0 Å². The Kier molecular flexibility index (Phi) is 4.67. The molecule has 0 aliphatic rings. The van der Waals surface area contributed by atoms with Gasteiger partial charge in [-0.3, -0.25) is 4.79 Å². The number of hydrogen-bond acceptors (Lipinski definition) is 8. The number of anilines is 2. The number of imidazole rings is 1. The summed E-state index contributed by atoms with van der Waals surface area (Å²) in [4.78, 5) is 37.5. The number of nitrogen functional groups attached to an aromatic ring is 2. The van der Waals surface area contributed by atoms with E-state index in [1.54, 1.807) is 18.5 Å². The van der Waals surface area contributed by atoms with Crippen LogP contribution < -0.4 is 16.8 Å². The monoisotopic (exact) mass is 426 g/mol. The van der Waals surface area contributed by atoms with Gasteiger partial charge in [-0.25, -0.2) is 24.9 Å². The van der Waals surface area contributed by atoms with Gasteiger partial charge in [-0.2, -0.15) is 0 Å². The third kappa shape index (κ3) is 3.58. The van der Waals surface area contributed by atoms with Crippen LogP contribution in [-0.4, -0.2) is 40.2 Å². The third-order valence-corrected chi connectivity index (χ3v) is 4.79. The van der Waals surface area contributed by atoms with Gasteiger partial charge in [0.2, 0.25) is 0 Å². The van der Waals surface area contributed by atoms with Crippen molar-refractivity contribution in [2.75, 3.05) is 11.5 Å². The van der Waals surface area contributed by atoms with Crippen LogP contribution >= 0.6 is 0 Å². The first-order chi connectivity index (χ1) is 15.6. The van der Waals surface area contributed by atoms with E-state index in [0.29, 0.717) is 23.0 Å². The van der Waals surface area contributed by atoms with Crippen molar-refractivity contribution in [2.45, 2.75) is 6.54 Å². The second-order valence-corrected chi connectivity index (χ2v) is 6.93. The number of amides is 1. The normalized spacial score (nSPS) is 11.0. The fourth-order valence-electron chi connectivity index (χ4n) is 3.29. The summed E-state index contributed by atoms with van der Waals surface area (Å²) in [6, 6.07) is 9.01. The van der Waals surface area contributed by atoms with E-state index in [1.165, 1.54) is 6.20 Å². The minimum absolute atomic E-state index is 0.00457. The molecule has 0 saturated heterocycles. The van der Waals surface area contributed by atoms with E-state index in [1.807, 2.05) is 41.1 Å². The molecule has 11 nitrogen and oxygen atoms in total. The van der Waals surface area contributed by atoms with Crippen molar-refractivity contribution in [3.05, 3.63) is 72.8 Å². The molecule has 5 heterocycles. The number of pyridine rings is 1. The molecule has 5 aromatic rings. The van der Waals surface area contributed by atoms with E-state index in [9.17, 15) is 4.79 Å². The molecule has 1 amide bonds. The number of carbonyl (C=O) groups excluding carboxylic acids is 1. The van der Waals surface area contributed by atoms with Gasteiger partial charge < -0.3 is 26.2 Å². The molecule has 5 rings (SSSR count). The molecular formula is C21H18N10O. The maximum absolute atomic E-state index is 12.9. The lowest BCUT2D eigenvalue weighted by atomic mass is 10.1. The number of nitrogens with two attached hydrogens (primary N) is 2. The maximum Gasteiger partial charge on any atom is 0.274 e. The average Bonchev–Trinajstić information content (AvgIpc) is 3.49. The van der Waals surface area contributed by atoms with Crippen molar-refractivity contribution in [3.63, 3.8) is 0 Å². The third-order valence-electron chi connectivity index (χ3n) is 4.79. The molecule has 0 aromatic carbocycles. The summed E-state index contributed by atoms with van der Waals surface area (Å²) in [6.45, 7) is 0.0691. The lowest BCUT2D eigenvalue weighted by molar-refractivity contribution is 0.0945. The predicted molar refractivity (Wildman–Crippen MR) is 118 cm³/mol. The number of hydrogen-bond donors (Lipinski definition) is 4. The summed E-state index contributed by atoms with van der Waals surface area (Å²) >= 11 is 0. The molecule has 0 bridgehead atoms. The van der Waals surface area contributed by atoms with Gasteiger partial charge in [0.1, 0.15) is 28.7 Å². The highest BCUT2D eigenvalue weighted by Crippen LogP contribution is 2.30. The fraction of sp³-hybridized carbons (Fsp3) is 0.0476. The second-order valence-electron chi connectivity index (χ2n) is 6.93. The van der Waals surface area contributed by atoms with E-state index in [2.05, 4.69) is 35.2 Å². The first-order valence-electron chi connectivity index (χ1n) is 9.68. The lowest BCUT2D eigenvalue weighted by Crippen LogP contribution is -2.26. The van der Waals surface area contributed by atoms with Crippen molar-refractivity contribution in [3.8, 4) is 22.6 Å². The van der Waals surface area contributed by atoms with Crippen LogP contribution in [0.2, 0.25) is 0 Å². The number of H-pyrrole nitrogens is 1. The summed E-state index contributed by atoms with van der Waals surface area (Å²) < 4.78 is 1.86. The van der Waals surface area contributed by atoms with Gasteiger partial charge in [0, 0.05) is 36.5 Å². The fourth-order valence-corrected chi connectivity index (χ4v) is 3.29. The Morgan fingerprint density at radius 1 is 1.03 bits per heavy atom. The largest absolute Gasteiger partial charge is 0.384 e. The summed E-state index contributed by atoms with van der Waals surface area (Å²) in [6.07, 6.45) is 8.71. The van der Waals surface area contributed by atoms with E-state index < -0.39 is 5.91 Å². The first-order valence-corrected chi connectivity index (χ1v) is 9.68. The minimum Gasteiger partial charge on any atom is -0.384 e. The maximum atomic E-state index is 12.9. The zero-order chi connectivity index (χ0) is 22.1. The topological polar surface area (TPSA) is 166 Å². The van der Waals surface area contributed by atoms with Crippen LogP contribution in [0.25, 0.3) is 28.3 Å². The van der Waals surface area contributed by atoms with Gasteiger partial charge in [-0.1, -0.05) is 0 Å². The van der Waals surface area contributed by atoms with Crippen molar-refractivity contribution in [1.82, 2.24) is 39.6 Å². The van der Waals surface area contributed by atoms with Gasteiger partial charge in [0.25, 0.3) is 5.91 Å². The van der Waals surface area contributed by atoms with Crippen LogP contribution in [0.4, 0.5) is 11.6 Å². The summed E-state index contributed by atoms with van der Waals surface area (Å²) in [5.74, 6) is 0.201. The molecule has 5 aromatic heterocycles. The quantitative estimate of drug-likeness (QED) is 0.329. The highest BCUT2D eigenvalue weighted by Gasteiger charge is 2.21. The number of fused-ring (bicyclic) bond motifs is 1. The first kappa shape index (κ1) is 19.2. The Bertz CT molecular complexity index is 1420. The van der Waals surface area contributed by atoms with E-state index in [0.717, 1.165) is 16.9 Å². The Morgan fingerprint density at radius 2 is 1.94 bits per heavy atom. The standard InChI is InChI=1S/C21H18N10O/c22-14-5-7-25-15(28-14)10-27-21(32)19-20(23)30-18(13-2-1-6-24-13)17(29-19)12-3-4-16-26-8-9-31(16)11-12/h1-9,11,24H,10H2,(H2,23,30)(H,27,32)(H2,22,25,28). The van der Waals surface area contributed by atoms with Gasteiger partial charge in [-0.15, -0.1) is 0 Å². The SMILES string of the molecule is Nc1ccnc(CNC(=O)c2nc(-c3ccc4nccn4c3)c(-c3ccc[nH]3)nc2N)n1. The Morgan fingerprint density at radius 3 is 2.75 bits per heavy atom. The van der Waals surface area contributed by atoms with Gasteiger partial charge in [0.15, 0.2) is 11.5 Å². The van der Waals surface area contributed by atoms with Crippen LogP contribution in [0, 0.1) is 0 Å². The van der Waals surface area contributed by atoms with Crippen molar-refractivity contribution >= 4 is 23.2 Å². The molecule has 0 saturated carbocycles. The number of carbonyl (C=O) groups is 1. The van der Waals surface area contributed by atoms with Crippen LogP contribution in [-0.2, 0) is 6.54 Å². The van der Waals surface area contributed by atoms with Gasteiger partial charge in [-0.05, 0) is 30.3 Å². The molecule has 0 radical (unpaired) electrons. The van der Waals surface area contributed by atoms with Crippen LogP contribution in [0.1, 0.15) is 16.3 Å². The molecule has 0 fully saturated rings. The van der Waals surface area contributed by atoms with Gasteiger partial charge in [0.05, 0.1) is 12.2 Å². The zero-order valence-corrected chi connectivity index (χ0v) is 16.7. The molecule has 32 heavy (non-hydrogen) atoms. The van der Waals surface area contributed by atoms with Crippen LogP contribution in [0.15, 0.2) is 61.3 Å². The average molecular weight is 426 g/mol. The zero-order valence-electron chi connectivity index (χ0n) is 16.7. The van der Waals surface area contributed by atoms with Crippen molar-refractivity contribution in [1.29, 1.82) is 0 Å². The molecule has 0 aliphatic carbocycles. The highest BCUT2D eigenvalue weighted by molar-refractivity contribution is 5.97. The Balaban J connectivity index is 1.55. The molecular weight excluding hydrogens is 408 g/mol.